The number of pyridine rings is 1. The molecule has 0 aliphatic rings. The summed E-state index contributed by atoms with van der Waals surface area (Å²) in [6.45, 7) is 2.70. The molecule has 108 valence electrons. The molecule has 0 atom stereocenters. The van der Waals surface area contributed by atoms with E-state index >= 15 is 0 Å². The van der Waals surface area contributed by atoms with E-state index in [9.17, 15) is 8.42 Å². The van der Waals surface area contributed by atoms with Gasteiger partial charge in [-0.2, -0.15) is 0 Å². The number of hydrogen-bond donors (Lipinski definition) is 2. The molecule has 2 aromatic rings. The van der Waals surface area contributed by atoms with Crippen LogP contribution in [0.3, 0.4) is 0 Å². The molecule has 0 radical (unpaired) electrons. The third-order valence-corrected chi connectivity index (χ3v) is 5.67. The van der Waals surface area contributed by atoms with Gasteiger partial charge in [-0.05, 0) is 50.7 Å². The molecule has 0 spiro atoms. The fourth-order valence-corrected chi connectivity index (χ4v) is 4.09. The number of anilines is 1. The van der Waals surface area contributed by atoms with Crippen molar-refractivity contribution < 1.29 is 8.42 Å². The van der Waals surface area contributed by atoms with Crippen LogP contribution in [-0.4, -0.2) is 27.0 Å². The van der Waals surface area contributed by atoms with Gasteiger partial charge in [0.25, 0.3) is 10.0 Å². The summed E-state index contributed by atoms with van der Waals surface area (Å²) in [7, 11) is -1.65. The third-order valence-electron chi connectivity index (χ3n) is 2.65. The fourth-order valence-electron chi connectivity index (χ4n) is 1.70. The molecule has 0 saturated heterocycles. The number of aryl methyl sites for hydroxylation is 1. The SMILES string of the molecule is CNCCc1ccc(S(=O)(=O)Nc2cncc(C)c2)s1. The number of rotatable bonds is 6. The van der Waals surface area contributed by atoms with Crippen molar-refractivity contribution in [3.8, 4) is 0 Å². The molecule has 7 heteroatoms. The van der Waals surface area contributed by atoms with Crippen LogP contribution in [0.2, 0.25) is 0 Å². The van der Waals surface area contributed by atoms with Crippen molar-refractivity contribution in [2.24, 2.45) is 0 Å². The van der Waals surface area contributed by atoms with E-state index in [1.807, 2.05) is 20.0 Å². The van der Waals surface area contributed by atoms with Crippen LogP contribution < -0.4 is 10.0 Å². The molecular formula is C13H17N3O2S2. The van der Waals surface area contributed by atoms with E-state index in [4.69, 9.17) is 0 Å². The zero-order valence-corrected chi connectivity index (χ0v) is 13.0. The predicted octanol–water partition coefficient (Wildman–Crippen LogP) is 2.01. The number of nitrogens with one attached hydrogen (secondary N) is 2. The van der Waals surface area contributed by atoms with E-state index in [0.29, 0.717) is 9.90 Å². The molecule has 0 saturated carbocycles. The zero-order chi connectivity index (χ0) is 14.6. The average molecular weight is 311 g/mol. The van der Waals surface area contributed by atoms with Gasteiger partial charge in [0, 0.05) is 11.1 Å². The highest BCUT2D eigenvalue weighted by Crippen LogP contribution is 2.24. The summed E-state index contributed by atoms with van der Waals surface area (Å²) in [6, 6.07) is 5.24. The Morgan fingerprint density at radius 3 is 2.80 bits per heavy atom. The molecule has 0 amide bonds. The van der Waals surface area contributed by atoms with E-state index < -0.39 is 10.0 Å². The van der Waals surface area contributed by atoms with Crippen molar-refractivity contribution in [3.05, 3.63) is 41.0 Å². The largest absolute Gasteiger partial charge is 0.319 e. The molecule has 0 aromatic carbocycles. The molecular weight excluding hydrogens is 294 g/mol. The molecule has 0 aliphatic heterocycles. The van der Waals surface area contributed by atoms with Crippen LogP contribution in [0.1, 0.15) is 10.4 Å². The standard InChI is InChI=1S/C13H17N3O2S2/c1-10-7-11(9-15-8-10)16-20(17,18)13-4-3-12(19-13)5-6-14-2/h3-4,7-9,14,16H,5-6H2,1-2H3. The Balaban J connectivity index is 2.16. The maximum Gasteiger partial charge on any atom is 0.271 e. The first-order valence-electron chi connectivity index (χ1n) is 6.19. The van der Waals surface area contributed by atoms with Crippen LogP contribution in [0.25, 0.3) is 0 Å². The van der Waals surface area contributed by atoms with Crippen molar-refractivity contribution in [2.45, 2.75) is 17.6 Å². The second kappa shape index (κ2) is 6.34. The Morgan fingerprint density at radius 2 is 2.10 bits per heavy atom. The highest BCUT2D eigenvalue weighted by molar-refractivity contribution is 7.94. The van der Waals surface area contributed by atoms with Crippen molar-refractivity contribution in [1.29, 1.82) is 0 Å². The molecule has 0 fully saturated rings. The minimum atomic E-state index is -3.53. The maximum atomic E-state index is 12.3. The van der Waals surface area contributed by atoms with Gasteiger partial charge in [-0.15, -0.1) is 11.3 Å². The lowest BCUT2D eigenvalue weighted by atomic mass is 10.3. The Bertz CT molecular complexity index is 680. The number of thiophene rings is 1. The van der Waals surface area contributed by atoms with Crippen LogP contribution in [0.15, 0.2) is 34.8 Å². The Hall–Kier alpha value is -1.44. The van der Waals surface area contributed by atoms with Crippen molar-refractivity contribution in [1.82, 2.24) is 10.3 Å². The van der Waals surface area contributed by atoms with Crippen molar-refractivity contribution in [2.75, 3.05) is 18.3 Å². The van der Waals surface area contributed by atoms with Crippen LogP contribution in [0.5, 0.6) is 0 Å². The third kappa shape index (κ3) is 3.78. The predicted molar refractivity (Wildman–Crippen MR) is 81.7 cm³/mol. The highest BCUT2D eigenvalue weighted by Gasteiger charge is 2.17. The second-order valence-corrected chi connectivity index (χ2v) is 7.51. The summed E-state index contributed by atoms with van der Waals surface area (Å²) in [6.07, 6.45) is 4.00. The second-order valence-electron chi connectivity index (χ2n) is 4.43. The topological polar surface area (TPSA) is 71.1 Å². The van der Waals surface area contributed by atoms with Gasteiger partial charge in [0.1, 0.15) is 4.21 Å². The molecule has 2 N–H and O–H groups in total. The van der Waals surface area contributed by atoms with E-state index in [0.717, 1.165) is 23.4 Å². The first kappa shape index (κ1) is 15.0. The van der Waals surface area contributed by atoms with Gasteiger partial charge in [0.2, 0.25) is 0 Å². The van der Waals surface area contributed by atoms with Crippen molar-refractivity contribution >= 4 is 27.0 Å². The monoisotopic (exact) mass is 311 g/mol. The quantitative estimate of drug-likeness (QED) is 0.856. The van der Waals surface area contributed by atoms with Crippen LogP contribution in [-0.2, 0) is 16.4 Å². The van der Waals surface area contributed by atoms with Gasteiger partial charge < -0.3 is 5.32 Å². The molecule has 2 rings (SSSR count). The van der Waals surface area contributed by atoms with Gasteiger partial charge >= 0.3 is 0 Å². The highest BCUT2D eigenvalue weighted by atomic mass is 32.2. The number of sulfonamides is 1. The molecule has 20 heavy (non-hydrogen) atoms. The molecule has 0 unspecified atom stereocenters. The van der Waals surface area contributed by atoms with E-state index in [2.05, 4.69) is 15.0 Å². The summed E-state index contributed by atoms with van der Waals surface area (Å²) in [5.41, 5.74) is 1.39. The summed E-state index contributed by atoms with van der Waals surface area (Å²) in [5.74, 6) is 0. The lowest BCUT2D eigenvalue weighted by Crippen LogP contribution is -2.11. The lowest BCUT2D eigenvalue weighted by molar-refractivity contribution is 0.603. The molecule has 2 aromatic heterocycles. The molecule has 0 aliphatic carbocycles. The number of likely N-dealkylation sites (N-methyl/N-ethyl adjacent to an activating group) is 1. The average Bonchev–Trinajstić information content (AvgIpc) is 2.85. The van der Waals surface area contributed by atoms with E-state index in [-0.39, 0.29) is 0 Å². The summed E-state index contributed by atoms with van der Waals surface area (Å²) in [4.78, 5) is 5.02. The van der Waals surface area contributed by atoms with Gasteiger partial charge in [0.05, 0.1) is 11.9 Å². The van der Waals surface area contributed by atoms with Gasteiger partial charge in [-0.1, -0.05) is 0 Å². The van der Waals surface area contributed by atoms with Crippen LogP contribution in [0.4, 0.5) is 5.69 Å². The normalized spacial score (nSPS) is 11.5. The molecule has 2 heterocycles. The lowest BCUT2D eigenvalue weighted by Gasteiger charge is -2.06. The number of nitrogens with zero attached hydrogens (tertiary/aromatic N) is 1. The summed E-state index contributed by atoms with van der Waals surface area (Å²) < 4.78 is 27.4. The zero-order valence-electron chi connectivity index (χ0n) is 11.4. The molecule has 0 bridgehead atoms. The summed E-state index contributed by atoms with van der Waals surface area (Å²) >= 11 is 1.29. The Labute approximate surface area is 123 Å². The molecule has 5 nitrogen and oxygen atoms in total. The summed E-state index contributed by atoms with van der Waals surface area (Å²) in [5, 5.41) is 3.04. The minimum absolute atomic E-state index is 0.324. The van der Waals surface area contributed by atoms with E-state index in [1.165, 1.54) is 17.5 Å². The maximum absolute atomic E-state index is 12.3. The Kier molecular flexibility index (Phi) is 4.74. The van der Waals surface area contributed by atoms with Crippen LogP contribution >= 0.6 is 11.3 Å². The minimum Gasteiger partial charge on any atom is -0.319 e. The van der Waals surface area contributed by atoms with E-state index in [1.54, 1.807) is 18.3 Å². The first-order valence-corrected chi connectivity index (χ1v) is 8.49. The smallest absolute Gasteiger partial charge is 0.271 e. The number of hydrogen-bond acceptors (Lipinski definition) is 5. The van der Waals surface area contributed by atoms with Gasteiger partial charge in [-0.3, -0.25) is 9.71 Å². The van der Waals surface area contributed by atoms with Gasteiger partial charge in [0.15, 0.2) is 0 Å². The van der Waals surface area contributed by atoms with Crippen molar-refractivity contribution in [3.63, 3.8) is 0 Å². The fraction of sp³-hybridized carbons (Fsp3) is 0.308. The first-order chi connectivity index (χ1) is 9.51. The number of aromatic nitrogens is 1. The van der Waals surface area contributed by atoms with Gasteiger partial charge in [-0.25, -0.2) is 8.42 Å². The Morgan fingerprint density at radius 1 is 1.30 bits per heavy atom. The van der Waals surface area contributed by atoms with Crippen LogP contribution in [0, 0.1) is 6.92 Å².